The molecule has 4 rings (SSSR count). The summed E-state index contributed by atoms with van der Waals surface area (Å²) in [6.07, 6.45) is 4.42. The summed E-state index contributed by atoms with van der Waals surface area (Å²) < 4.78 is 1.80. The van der Waals surface area contributed by atoms with Gasteiger partial charge in [-0.05, 0) is 55.7 Å². The molecule has 1 aromatic heterocycles. The number of carbonyl (C=O) groups is 2. The fourth-order valence-electron chi connectivity index (χ4n) is 3.69. The van der Waals surface area contributed by atoms with Gasteiger partial charge in [0.05, 0.1) is 23.1 Å². The summed E-state index contributed by atoms with van der Waals surface area (Å²) in [6, 6.07) is 16.8. The van der Waals surface area contributed by atoms with Crippen molar-refractivity contribution < 1.29 is 9.59 Å². The molecular formula is C23H24N4O2. The van der Waals surface area contributed by atoms with E-state index < -0.39 is 0 Å². The Hall–Kier alpha value is -3.41. The van der Waals surface area contributed by atoms with Gasteiger partial charge in [-0.2, -0.15) is 5.10 Å². The van der Waals surface area contributed by atoms with E-state index in [1.807, 2.05) is 42.2 Å². The maximum absolute atomic E-state index is 12.8. The summed E-state index contributed by atoms with van der Waals surface area (Å²) >= 11 is 0. The van der Waals surface area contributed by atoms with Gasteiger partial charge in [-0.1, -0.05) is 25.1 Å². The fraction of sp³-hybridized carbons (Fsp3) is 0.261. The predicted octanol–water partition coefficient (Wildman–Crippen LogP) is 3.92. The minimum Gasteiger partial charge on any atom is -0.339 e. The molecule has 6 nitrogen and oxygen atoms in total. The third-order valence-corrected chi connectivity index (χ3v) is 5.23. The van der Waals surface area contributed by atoms with Crippen molar-refractivity contribution in [3.05, 3.63) is 77.6 Å². The number of benzene rings is 2. The molecule has 6 heteroatoms. The van der Waals surface area contributed by atoms with Crippen LogP contribution in [0.3, 0.4) is 0 Å². The van der Waals surface area contributed by atoms with Gasteiger partial charge in [0.2, 0.25) is 0 Å². The van der Waals surface area contributed by atoms with Gasteiger partial charge in [-0.3, -0.25) is 9.59 Å². The molecular weight excluding hydrogens is 364 g/mol. The highest BCUT2D eigenvalue weighted by molar-refractivity contribution is 6.05. The second kappa shape index (κ2) is 8.31. The first-order chi connectivity index (χ1) is 14.2. The average molecular weight is 388 g/mol. The SMILES string of the molecule is CCc1c(C(=O)Nc2ccc(C(=O)N3CCCC3)cc2)cnn1-c1ccccc1. The molecule has 2 heterocycles. The lowest BCUT2D eigenvalue weighted by Gasteiger charge is -2.15. The molecule has 1 aliphatic heterocycles. The van der Waals surface area contributed by atoms with Gasteiger partial charge in [0.15, 0.2) is 0 Å². The number of likely N-dealkylation sites (tertiary alicyclic amines) is 1. The van der Waals surface area contributed by atoms with Crippen LogP contribution in [0.4, 0.5) is 5.69 Å². The molecule has 1 fully saturated rings. The van der Waals surface area contributed by atoms with Gasteiger partial charge in [0, 0.05) is 24.3 Å². The van der Waals surface area contributed by atoms with Crippen molar-refractivity contribution in [2.45, 2.75) is 26.2 Å². The molecule has 3 aromatic rings. The highest BCUT2D eigenvalue weighted by Gasteiger charge is 2.20. The number of para-hydroxylation sites is 1. The number of hydrogen-bond donors (Lipinski definition) is 1. The van der Waals surface area contributed by atoms with E-state index in [4.69, 9.17) is 0 Å². The van der Waals surface area contributed by atoms with Gasteiger partial charge in [-0.25, -0.2) is 4.68 Å². The van der Waals surface area contributed by atoms with Crippen molar-refractivity contribution >= 4 is 17.5 Å². The van der Waals surface area contributed by atoms with Crippen molar-refractivity contribution in [2.75, 3.05) is 18.4 Å². The molecule has 0 radical (unpaired) electrons. The molecule has 2 aromatic carbocycles. The predicted molar refractivity (Wildman–Crippen MR) is 112 cm³/mol. The second-order valence-corrected chi connectivity index (χ2v) is 7.14. The van der Waals surface area contributed by atoms with Crippen molar-refractivity contribution in [1.82, 2.24) is 14.7 Å². The van der Waals surface area contributed by atoms with Crippen molar-refractivity contribution in [2.24, 2.45) is 0 Å². The van der Waals surface area contributed by atoms with Crippen LogP contribution in [-0.4, -0.2) is 39.6 Å². The van der Waals surface area contributed by atoms with Crippen LogP contribution < -0.4 is 5.32 Å². The maximum atomic E-state index is 12.8. The lowest BCUT2D eigenvalue weighted by atomic mass is 10.1. The van der Waals surface area contributed by atoms with Gasteiger partial charge < -0.3 is 10.2 Å². The van der Waals surface area contributed by atoms with Crippen LogP contribution in [0.15, 0.2) is 60.8 Å². The van der Waals surface area contributed by atoms with E-state index in [0.29, 0.717) is 23.2 Å². The molecule has 0 aliphatic carbocycles. The first-order valence-corrected chi connectivity index (χ1v) is 10.0. The molecule has 1 saturated heterocycles. The monoisotopic (exact) mass is 388 g/mol. The molecule has 1 N–H and O–H groups in total. The van der Waals surface area contributed by atoms with Crippen molar-refractivity contribution in [3.63, 3.8) is 0 Å². The van der Waals surface area contributed by atoms with Gasteiger partial charge >= 0.3 is 0 Å². The normalized spacial score (nSPS) is 13.5. The van der Waals surface area contributed by atoms with E-state index in [2.05, 4.69) is 10.4 Å². The summed E-state index contributed by atoms with van der Waals surface area (Å²) in [4.78, 5) is 27.2. The molecule has 29 heavy (non-hydrogen) atoms. The molecule has 0 unspecified atom stereocenters. The number of hydrogen-bond acceptors (Lipinski definition) is 3. The number of amides is 2. The summed E-state index contributed by atoms with van der Waals surface area (Å²) in [7, 11) is 0. The number of nitrogens with one attached hydrogen (secondary N) is 1. The molecule has 0 saturated carbocycles. The molecule has 0 bridgehead atoms. The Balaban J connectivity index is 1.49. The third kappa shape index (κ3) is 3.92. The first kappa shape index (κ1) is 18.9. The van der Waals surface area contributed by atoms with Gasteiger partial charge in [0.25, 0.3) is 11.8 Å². The highest BCUT2D eigenvalue weighted by atomic mass is 16.2. The highest BCUT2D eigenvalue weighted by Crippen LogP contribution is 2.19. The van der Waals surface area contributed by atoms with E-state index >= 15 is 0 Å². The number of nitrogens with zero attached hydrogens (tertiary/aromatic N) is 3. The lowest BCUT2D eigenvalue weighted by molar-refractivity contribution is 0.0792. The summed E-state index contributed by atoms with van der Waals surface area (Å²) in [5.74, 6) is -0.152. The van der Waals surface area contributed by atoms with E-state index in [1.54, 1.807) is 35.1 Å². The van der Waals surface area contributed by atoms with Crippen molar-refractivity contribution in [1.29, 1.82) is 0 Å². The second-order valence-electron chi connectivity index (χ2n) is 7.14. The first-order valence-electron chi connectivity index (χ1n) is 10.0. The van der Waals surface area contributed by atoms with Gasteiger partial charge in [-0.15, -0.1) is 0 Å². The number of rotatable bonds is 5. The number of carbonyl (C=O) groups excluding carboxylic acids is 2. The Kier molecular flexibility index (Phi) is 5.42. The van der Waals surface area contributed by atoms with Crippen LogP contribution in [0.5, 0.6) is 0 Å². The zero-order valence-corrected chi connectivity index (χ0v) is 16.5. The standard InChI is InChI=1S/C23H24N4O2/c1-2-21-20(16-24-27(21)19-8-4-3-5-9-19)22(28)25-18-12-10-17(11-13-18)23(29)26-14-6-7-15-26/h3-5,8-13,16H,2,6-7,14-15H2,1H3,(H,25,28). The van der Waals surface area contributed by atoms with E-state index in [-0.39, 0.29) is 11.8 Å². The molecule has 148 valence electrons. The maximum Gasteiger partial charge on any atom is 0.259 e. The molecule has 1 aliphatic rings. The third-order valence-electron chi connectivity index (χ3n) is 5.23. The topological polar surface area (TPSA) is 67.2 Å². The summed E-state index contributed by atoms with van der Waals surface area (Å²) in [6.45, 7) is 3.65. The molecule has 0 atom stereocenters. The Bertz CT molecular complexity index is 1000. The van der Waals surface area contributed by atoms with Gasteiger partial charge in [0.1, 0.15) is 0 Å². The van der Waals surface area contributed by atoms with Crippen LogP contribution in [0.25, 0.3) is 5.69 Å². The largest absolute Gasteiger partial charge is 0.339 e. The van der Waals surface area contributed by atoms with Crippen molar-refractivity contribution in [3.8, 4) is 5.69 Å². The van der Waals surface area contributed by atoms with E-state index in [1.165, 1.54) is 0 Å². The summed E-state index contributed by atoms with van der Waals surface area (Å²) in [5.41, 5.74) is 3.63. The van der Waals surface area contributed by atoms with Crippen LogP contribution in [0, 0.1) is 0 Å². The Morgan fingerprint density at radius 2 is 1.69 bits per heavy atom. The minimum absolute atomic E-state index is 0.0535. The molecule has 0 spiro atoms. The van der Waals surface area contributed by atoms with E-state index in [0.717, 1.165) is 37.3 Å². The van der Waals surface area contributed by atoms with Crippen LogP contribution >= 0.6 is 0 Å². The smallest absolute Gasteiger partial charge is 0.259 e. The number of aromatic nitrogens is 2. The van der Waals surface area contributed by atoms with Crippen LogP contribution in [-0.2, 0) is 6.42 Å². The number of anilines is 1. The Morgan fingerprint density at radius 1 is 1.00 bits per heavy atom. The average Bonchev–Trinajstić information content (AvgIpc) is 3.44. The van der Waals surface area contributed by atoms with Crippen LogP contribution in [0.1, 0.15) is 46.2 Å². The lowest BCUT2D eigenvalue weighted by Crippen LogP contribution is -2.27. The zero-order valence-electron chi connectivity index (χ0n) is 16.5. The zero-order chi connectivity index (χ0) is 20.2. The Labute approximate surface area is 170 Å². The summed E-state index contributed by atoms with van der Waals surface area (Å²) in [5, 5.41) is 7.32. The minimum atomic E-state index is -0.206. The molecule has 2 amide bonds. The Morgan fingerprint density at radius 3 is 2.34 bits per heavy atom. The van der Waals surface area contributed by atoms with E-state index in [9.17, 15) is 9.59 Å². The van der Waals surface area contributed by atoms with Crippen LogP contribution in [0.2, 0.25) is 0 Å². The quantitative estimate of drug-likeness (QED) is 0.720. The fourth-order valence-corrected chi connectivity index (χ4v) is 3.69.